The van der Waals surface area contributed by atoms with Gasteiger partial charge in [0.05, 0.1) is 27.9 Å². The zero-order chi connectivity index (χ0) is 16.4. The molecule has 23 heavy (non-hydrogen) atoms. The van der Waals surface area contributed by atoms with Crippen LogP contribution in [0.3, 0.4) is 0 Å². The van der Waals surface area contributed by atoms with Crippen molar-refractivity contribution in [3.8, 4) is 5.69 Å². The molecule has 0 spiro atoms. The zero-order valence-corrected chi connectivity index (χ0v) is 14.6. The number of aryl methyl sites for hydroxylation is 2. The largest absolute Gasteiger partial charge is 0.254 e. The summed E-state index contributed by atoms with van der Waals surface area (Å²) in [6.45, 7) is 3.91. The molecule has 0 aliphatic rings. The third-order valence-corrected chi connectivity index (χ3v) is 5.42. The van der Waals surface area contributed by atoms with Crippen molar-refractivity contribution in [1.82, 2.24) is 9.78 Å². The molecule has 1 heterocycles. The van der Waals surface area contributed by atoms with E-state index in [9.17, 15) is 4.21 Å². The maximum Gasteiger partial charge on any atom is 0.137 e. The third kappa shape index (κ3) is 3.38. The highest BCUT2D eigenvalue weighted by Gasteiger charge is 2.17. The molecular formula is C18H17ClN2OS. The predicted molar refractivity (Wildman–Crippen MR) is 94.6 cm³/mol. The van der Waals surface area contributed by atoms with Crippen molar-refractivity contribution >= 4 is 22.4 Å². The highest BCUT2D eigenvalue weighted by molar-refractivity contribution is 7.84. The van der Waals surface area contributed by atoms with Crippen molar-refractivity contribution < 1.29 is 4.21 Å². The smallest absolute Gasteiger partial charge is 0.137 e. The normalized spacial score (nSPS) is 12.3. The van der Waals surface area contributed by atoms with Crippen molar-refractivity contribution in [3.05, 3.63) is 76.6 Å². The SMILES string of the molecule is Cc1ccc(S(=O)Cc2c(C)nn(-c3ccccc3)c2Cl)cc1. The van der Waals surface area contributed by atoms with Gasteiger partial charge in [0.25, 0.3) is 0 Å². The number of aromatic nitrogens is 2. The molecule has 0 saturated heterocycles. The first-order valence-electron chi connectivity index (χ1n) is 7.30. The van der Waals surface area contributed by atoms with Crippen LogP contribution in [0.2, 0.25) is 5.15 Å². The van der Waals surface area contributed by atoms with Gasteiger partial charge >= 0.3 is 0 Å². The van der Waals surface area contributed by atoms with Crippen LogP contribution in [0.4, 0.5) is 0 Å². The molecule has 1 atom stereocenters. The molecule has 1 unspecified atom stereocenters. The lowest BCUT2D eigenvalue weighted by atomic mass is 10.2. The molecule has 0 fully saturated rings. The Morgan fingerprint density at radius 3 is 2.35 bits per heavy atom. The summed E-state index contributed by atoms with van der Waals surface area (Å²) in [5.41, 5.74) is 3.68. The van der Waals surface area contributed by atoms with Gasteiger partial charge in [0.2, 0.25) is 0 Å². The number of rotatable bonds is 4. The molecule has 5 heteroatoms. The Bertz CT molecular complexity index is 841. The topological polar surface area (TPSA) is 34.9 Å². The van der Waals surface area contributed by atoms with Gasteiger partial charge in [0, 0.05) is 10.5 Å². The van der Waals surface area contributed by atoms with Gasteiger partial charge in [-0.05, 0) is 38.1 Å². The van der Waals surface area contributed by atoms with E-state index >= 15 is 0 Å². The van der Waals surface area contributed by atoms with Crippen molar-refractivity contribution in [2.24, 2.45) is 0 Å². The van der Waals surface area contributed by atoms with E-state index in [2.05, 4.69) is 5.10 Å². The lowest BCUT2D eigenvalue weighted by molar-refractivity contribution is 0.682. The summed E-state index contributed by atoms with van der Waals surface area (Å²) in [6.07, 6.45) is 0. The molecule has 2 aromatic carbocycles. The minimum Gasteiger partial charge on any atom is -0.254 e. The summed E-state index contributed by atoms with van der Waals surface area (Å²) < 4.78 is 14.3. The Morgan fingerprint density at radius 2 is 1.70 bits per heavy atom. The van der Waals surface area contributed by atoms with Crippen LogP contribution in [-0.2, 0) is 16.6 Å². The van der Waals surface area contributed by atoms with Gasteiger partial charge < -0.3 is 0 Å². The van der Waals surface area contributed by atoms with Crippen LogP contribution in [0.15, 0.2) is 59.5 Å². The highest BCUT2D eigenvalue weighted by atomic mass is 35.5. The minimum atomic E-state index is -1.14. The number of hydrogen-bond donors (Lipinski definition) is 0. The monoisotopic (exact) mass is 344 g/mol. The van der Waals surface area contributed by atoms with Gasteiger partial charge in [0.15, 0.2) is 0 Å². The van der Waals surface area contributed by atoms with E-state index in [4.69, 9.17) is 11.6 Å². The van der Waals surface area contributed by atoms with Crippen LogP contribution in [0.5, 0.6) is 0 Å². The van der Waals surface area contributed by atoms with E-state index < -0.39 is 10.8 Å². The summed E-state index contributed by atoms with van der Waals surface area (Å²) in [7, 11) is -1.14. The summed E-state index contributed by atoms with van der Waals surface area (Å²) in [6, 6.07) is 17.4. The van der Waals surface area contributed by atoms with E-state index in [0.29, 0.717) is 10.9 Å². The van der Waals surface area contributed by atoms with Crippen LogP contribution in [0.25, 0.3) is 5.69 Å². The van der Waals surface area contributed by atoms with Gasteiger partial charge in [-0.15, -0.1) is 0 Å². The molecule has 0 saturated carbocycles. The Morgan fingerprint density at radius 1 is 1.04 bits per heavy atom. The summed E-state index contributed by atoms with van der Waals surface area (Å²) >= 11 is 6.49. The molecular weight excluding hydrogens is 328 g/mol. The average molecular weight is 345 g/mol. The quantitative estimate of drug-likeness (QED) is 0.700. The molecule has 0 N–H and O–H groups in total. The van der Waals surface area contributed by atoms with E-state index in [-0.39, 0.29) is 0 Å². The van der Waals surface area contributed by atoms with Crippen LogP contribution < -0.4 is 0 Å². The molecule has 118 valence electrons. The average Bonchev–Trinajstić information content (AvgIpc) is 2.84. The van der Waals surface area contributed by atoms with E-state index in [0.717, 1.165) is 27.4 Å². The molecule has 0 radical (unpaired) electrons. The summed E-state index contributed by atoms with van der Waals surface area (Å²) in [5.74, 6) is 0.362. The second kappa shape index (κ2) is 6.69. The van der Waals surface area contributed by atoms with Crippen LogP contribution in [0, 0.1) is 13.8 Å². The first kappa shape index (κ1) is 16.0. The van der Waals surface area contributed by atoms with Crippen LogP contribution >= 0.6 is 11.6 Å². The molecule has 0 bridgehead atoms. The van der Waals surface area contributed by atoms with E-state index in [1.54, 1.807) is 4.68 Å². The number of nitrogens with zero attached hydrogens (tertiary/aromatic N) is 2. The molecule has 0 aliphatic heterocycles. The third-order valence-electron chi connectivity index (χ3n) is 3.68. The lowest BCUT2D eigenvalue weighted by Crippen LogP contribution is -1.99. The number of halogens is 1. The fourth-order valence-electron chi connectivity index (χ4n) is 2.34. The Kier molecular flexibility index (Phi) is 4.64. The van der Waals surface area contributed by atoms with Crippen molar-refractivity contribution in [2.45, 2.75) is 24.5 Å². The van der Waals surface area contributed by atoms with Crippen LogP contribution in [0.1, 0.15) is 16.8 Å². The molecule has 1 aromatic heterocycles. The fourth-order valence-corrected chi connectivity index (χ4v) is 3.97. The van der Waals surface area contributed by atoms with Gasteiger partial charge in [0.1, 0.15) is 5.15 Å². The Balaban J connectivity index is 1.90. The van der Waals surface area contributed by atoms with Gasteiger partial charge in [-0.2, -0.15) is 5.10 Å². The lowest BCUT2D eigenvalue weighted by Gasteiger charge is -2.04. The van der Waals surface area contributed by atoms with E-state index in [1.807, 2.05) is 68.4 Å². The minimum absolute atomic E-state index is 0.362. The second-order valence-corrected chi connectivity index (χ2v) is 7.21. The first-order valence-corrected chi connectivity index (χ1v) is 9.00. The first-order chi connectivity index (χ1) is 11.1. The fraction of sp³-hybridized carbons (Fsp3) is 0.167. The molecule has 3 rings (SSSR count). The molecule has 3 aromatic rings. The standard InChI is InChI=1S/C18H17ClN2OS/c1-13-8-10-16(11-9-13)23(22)12-17-14(2)20-21(18(17)19)15-6-4-3-5-7-15/h3-11H,12H2,1-2H3. The van der Waals surface area contributed by atoms with Crippen molar-refractivity contribution in [3.63, 3.8) is 0 Å². The van der Waals surface area contributed by atoms with Crippen LogP contribution in [-0.4, -0.2) is 14.0 Å². The maximum absolute atomic E-state index is 12.6. The zero-order valence-electron chi connectivity index (χ0n) is 13.0. The predicted octanol–water partition coefficient (Wildman–Crippen LogP) is 4.45. The van der Waals surface area contributed by atoms with Crippen molar-refractivity contribution in [1.29, 1.82) is 0 Å². The summed E-state index contributed by atoms with van der Waals surface area (Å²) in [4.78, 5) is 0.804. The van der Waals surface area contributed by atoms with Gasteiger partial charge in [-0.3, -0.25) is 4.21 Å². The Labute approximate surface area is 143 Å². The molecule has 0 amide bonds. The second-order valence-electron chi connectivity index (χ2n) is 5.41. The highest BCUT2D eigenvalue weighted by Crippen LogP contribution is 2.26. The van der Waals surface area contributed by atoms with Gasteiger partial charge in [-0.1, -0.05) is 47.5 Å². The maximum atomic E-state index is 12.6. The van der Waals surface area contributed by atoms with Crippen molar-refractivity contribution in [2.75, 3.05) is 0 Å². The Hall–Kier alpha value is -1.91. The summed E-state index contributed by atoms with van der Waals surface area (Å²) in [5, 5.41) is 5.01. The number of hydrogen-bond acceptors (Lipinski definition) is 2. The molecule has 3 nitrogen and oxygen atoms in total. The number of para-hydroxylation sites is 1. The van der Waals surface area contributed by atoms with Gasteiger partial charge in [-0.25, -0.2) is 4.68 Å². The van der Waals surface area contributed by atoms with E-state index in [1.165, 1.54) is 0 Å². The molecule has 0 aliphatic carbocycles. The number of benzene rings is 2.